The lowest BCUT2D eigenvalue weighted by molar-refractivity contribution is 0.471. The molecule has 1 aromatic heterocycles. The molecular weight excluding hydrogens is 164 g/mol. The molecule has 0 saturated heterocycles. The summed E-state index contributed by atoms with van der Waals surface area (Å²) in [5.41, 5.74) is 0. The molecule has 1 aromatic rings. The summed E-state index contributed by atoms with van der Waals surface area (Å²) >= 11 is 0. The fourth-order valence-electron chi connectivity index (χ4n) is 1.35. The first-order chi connectivity index (χ1) is 6.33. The third-order valence-electron chi connectivity index (χ3n) is 2.11. The number of hydrogen-bond acceptors (Lipinski definition) is 2. The van der Waals surface area contributed by atoms with Crippen LogP contribution in [0.4, 0.5) is 0 Å². The largest absolute Gasteiger partial charge is 0.505 e. The van der Waals surface area contributed by atoms with Gasteiger partial charge in [-0.3, -0.25) is 4.68 Å². The van der Waals surface area contributed by atoms with Gasteiger partial charge in [0.15, 0.2) is 5.75 Å². The van der Waals surface area contributed by atoms with Crippen LogP contribution >= 0.6 is 0 Å². The molecule has 1 heterocycles. The normalized spacial score (nSPS) is 10.5. The maximum absolute atomic E-state index is 9.01. The predicted molar refractivity (Wildman–Crippen MR) is 52.7 cm³/mol. The van der Waals surface area contributed by atoms with E-state index in [2.05, 4.69) is 12.0 Å². The van der Waals surface area contributed by atoms with E-state index in [-0.39, 0.29) is 5.75 Å². The van der Waals surface area contributed by atoms with Crippen molar-refractivity contribution >= 4 is 0 Å². The Bertz CT molecular complexity index is 233. The Morgan fingerprint density at radius 1 is 1.31 bits per heavy atom. The summed E-state index contributed by atoms with van der Waals surface area (Å²) in [6, 6.07) is 0. The average molecular weight is 182 g/mol. The zero-order chi connectivity index (χ0) is 9.52. The van der Waals surface area contributed by atoms with Gasteiger partial charge in [0.2, 0.25) is 0 Å². The van der Waals surface area contributed by atoms with Crippen molar-refractivity contribution in [3.05, 3.63) is 12.4 Å². The highest BCUT2D eigenvalue weighted by Gasteiger charge is 1.94. The van der Waals surface area contributed by atoms with Crippen molar-refractivity contribution in [1.82, 2.24) is 9.78 Å². The number of hydrogen-bond donors (Lipinski definition) is 1. The van der Waals surface area contributed by atoms with Crippen molar-refractivity contribution in [3.63, 3.8) is 0 Å². The van der Waals surface area contributed by atoms with E-state index in [0.717, 1.165) is 13.0 Å². The lowest BCUT2D eigenvalue weighted by atomic mass is 10.1. The van der Waals surface area contributed by atoms with Crippen molar-refractivity contribution in [1.29, 1.82) is 0 Å². The van der Waals surface area contributed by atoms with Crippen molar-refractivity contribution in [2.45, 2.75) is 45.6 Å². The van der Waals surface area contributed by atoms with E-state index >= 15 is 0 Å². The van der Waals surface area contributed by atoms with Crippen LogP contribution in [0.1, 0.15) is 39.0 Å². The minimum absolute atomic E-state index is 0.258. The van der Waals surface area contributed by atoms with Gasteiger partial charge < -0.3 is 5.11 Å². The summed E-state index contributed by atoms with van der Waals surface area (Å²) in [4.78, 5) is 0. The summed E-state index contributed by atoms with van der Waals surface area (Å²) in [5.74, 6) is 0.258. The zero-order valence-electron chi connectivity index (χ0n) is 8.24. The molecule has 0 aliphatic carbocycles. The summed E-state index contributed by atoms with van der Waals surface area (Å²) in [7, 11) is 0. The summed E-state index contributed by atoms with van der Waals surface area (Å²) < 4.78 is 1.79. The predicted octanol–water partition coefficient (Wildman–Crippen LogP) is 2.56. The van der Waals surface area contributed by atoms with Crippen LogP contribution in [0, 0.1) is 0 Å². The van der Waals surface area contributed by atoms with Crippen molar-refractivity contribution in [2.24, 2.45) is 0 Å². The quantitative estimate of drug-likeness (QED) is 0.686. The van der Waals surface area contributed by atoms with Gasteiger partial charge >= 0.3 is 0 Å². The molecular formula is C10H18N2O. The van der Waals surface area contributed by atoms with Crippen LogP contribution in [0.15, 0.2) is 12.4 Å². The fourth-order valence-corrected chi connectivity index (χ4v) is 1.35. The van der Waals surface area contributed by atoms with Gasteiger partial charge in [-0.1, -0.05) is 32.6 Å². The molecule has 0 bridgehead atoms. The molecule has 0 fully saturated rings. The minimum Gasteiger partial charge on any atom is -0.505 e. The number of rotatable bonds is 6. The second-order valence-electron chi connectivity index (χ2n) is 3.38. The first-order valence-electron chi connectivity index (χ1n) is 5.04. The molecule has 0 spiro atoms. The van der Waals surface area contributed by atoms with E-state index in [1.807, 2.05) is 0 Å². The van der Waals surface area contributed by atoms with Crippen LogP contribution in [0.25, 0.3) is 0 Å². The van der Waals surface area contributed by atoms with E-state index in [1.54, 1.807) is 10.9 Å². The highest BCUT2D eigenvalue weighted by molar-refractivity contribution is 5.08. The van der Waals surface area contributed by atoms with Crippen LogP contribution in [0.5, 0.6) is 5.75 Å². The molecule has 0 radical (unpaired) electrons. The van der Waals surface area contributed by atoms with Gasteiger partial charge in [0.05, 0.1) is 12.4 Å². The van der Waals surface area contributed by atoms with Gasteiger partial charge in [0.25, 0.3) is 0 Å². The standard InChI is InChI=1S/C10H18N2O/c1-2-3-4-5-6-7-12-9-10(13)8-11-12/h8-9,13H,2-7H2,1H3. The molecule has 0 aliphatic heterocycles. The molecule has 0 aromatic carbocycles. The second kappa shape index (κ2) is 5.62. The third kappa shape index (κ3) is 3.97. The van der Waals surface area contributed by atoms with Crippen molar-refractivity contribution < 1.29 is 5.11 Å². The monoisotopic (exact) mass is 182 g/mol. The molecule has 1 N–H and O–H groups in total. The van der Waals surface area contributed by atoms with E-state index < -0.39 is 0 Å². The molecule has 0 unspecified atom stereocenters. The highest BCUT2D eigenvalue weighted by atomic mass is 16.3. The Morgan fingerprint density at radius 3 is 2.69 bits per heavy atom. The fraction of sp³-hybridized carbons (Fsp3) is 0.700. The maximum Gasteiger partial charge on any atom is 0.153 e. The Hall–Kier alpha value is -0.990. The lowest BCUT2D eigenvalue weighted by Crippen LogP contribution is -1.97. The molecule has 0 aliphatic rings. The van der Waals surface area contributed by atoms with Crippen LogP contribution in [0.2, 0.25) is 0 Å². The molecule has 0 amide bonds. The van der Waals surface area contributed by atoms with E-state index in [9.17, 15) is 0 Å². The maximum atomic E-state index is 9.01. The Morgan fingerprint density at radius 2 is 2.08 bits per heavy atom. The lowest BCUT2D eigenvalue weighted by Gasteiger charge is -2.00. The third-order valence-corrected chi connectivity index (χ3v) is 2.11. The van der Waals surface area contributed by atoms with E-state index in [1.165, 1.54) is 31.9 Å². The van der Waals surface area contributed by atoms with E-state index in [4.69, 9.17) is 5.11 Å². The number of aryl methyl sites for hydroxylation is 1. The average Bonchev–Trinajstić information content (AvgIpc) is 2.51. The molecule has 74 valence electrons. The first kappa shape index (κ1) is 10.1. The van der Waals surface area contributed by atoms with Crippen molar-refractivity contribution in [2.75, 3.05) is 0 Å². The van der Waals surface area contributed by atoms with Crippen LogP contribution in [-0.4, -0.2) is 14.9 Å². The van der Waals surface area contributed by atoms with Crippen LogP contribution in [-0.2, 0) is 6.54 Å². The molecule has 1 rings (SSSR count). The van der Waals surface area contributed by atoms with Gasteiger partial charge in [-0.05, 0) is 6.42 Å². The molecule has 3 heteroatoms. The topological polar surface area (TPSA) is 38.0 Å². The molecule has 13 heavy (non-hydrogen) atoms. The van der Waals surface area contributed by atoms with E-state index in [0.29, 0.717) is 0 Å². The number of aromatic hydroxyl groups is 1. The zero-order valence-corrected chi connectivity index (χ0v) is 8.24. The summed E-state index contributed by atoms with van der Waals surface area (Å²) in [6.45, 7) is 3.13. The number of unbranched alkanes of at least 4 members (excludes halogenated alkanes) is 4. The highest BCUT2D eigenvalue weighted by Crippen LogP contribution is 2.07. The SMILES string of the molecule is CCCCCCCn1cc(O)cn1. The number of nitrogens with zero attached hydrogens (tertiary/aromatic N) is 2. The first-order valence-corrected chi connectivity index (χ1v) is 5.04. The smallest absolute Gasteiger partial charge is 0.153 e. The van der Waals surface area contributed by atoms with Gasteiger partial charge in [0, 0.05) is 6.54 Å². The van der Waals surface area contributed by atoms with Gasteiger partial charge in [-0.15, -0.1) is 0 Å². The number of aromatic nitrogens is 2. The molecule has 3 nitrogen and oxygen atoms in total. The minimum atomic E-state index is 0.258. The Kier molecular flexibility index (Phi) is 4.36. The Balaban J connectivity index is 2.06. The van der Waals surface area contributed by atoms with Gasteiger partial charge in [-0.25, -0.2) is 0 Å². The van der Waals surface area contributed by atoms with Crippen molar-refractivity contribution in [3.8, 4) is 5.75 Å². The van der Waals surface area contributed by atoms with Gasteiger partial charge in [0.1, 0.15) is 0 Å². The Labute approximate surface area is 79.4 Å². The summed E-state index contributed by atoms with van der Waals surface area (Å²) in [5, 5.41) is 13.0. The molecule has 0 saturated carbocycles. The summed E-state index contributed by atoms with van der Waals surface area (Å²) in [6.07, 6.45) is 9.47. The van der Waals surface area contributed by atoms with Gasteiger partial charge in [-0.2, -0.15) is 5.10 Å². The van der Waals surface area contributed by atoms with Crippen LogP contribution < -0.4 is 0 Å². The molecule has 0 atom stereocenters. The van der Waals surface area contributed by atoms with Crippen LogP contribution in [0.3, 0.4) is 0 Å². The second-order valence-corrected chi connectivity index (χ2v) is 3.38.